The van der Waals surface area contributed by atoms with Crippen molar-refractivity contribution in [3.05, 3.63) is 10.8 Å². The summed E-state index contributed by atoms with van der Waals surface area (Å²) >= 11 is 5.12. The van der Waals surface area contributed by atoms with Crippen LogP contribution in [-0.4, -0.2) is 15.3 Å². The van der Waals surface area contributed by atoms with Gasteiger partial charge in [-0.15, -0.1) is 0 Å². The second-order valence-corrected chi connectivity index (χ2v) is 4.11. The first-order valence-electron chi connectivity index (χ1n) is 3.63. The number of halogens is 1. The first kappa shape index (κ1) is 9.13. The lowest BCUT2D eigenvalue weighted by Crippen LogP contribution is -1.93. The molecular formula is C7H11BrN2S. The summed E-state index contributed by atoms with van der Waals surface area (Å²) < 4.78 is 3.06. The van der Waals surface area contributed by atoms with E-state index >= 15 is 0 Å². The Hall–Kier alpha value is 0.0400. The van der Waals surface area contributed by atoms with Crippen LogP contribution in [0.15, 0.2) is 16.0 Å². The molecule has 4 heteroatoms. The minimum Gasteiger partial charge on any atom is -0.325 e. The molecule has 62 valence electrons. The second-order valence-electron chi connectivity index (χ2n) is 2.07. The van der Waals surface area contributed by atoms with Crippen LogP contribution in [0.4, 0.5) is 0 Å². The fourth-order valence-corrected chi connectivity index (χ4v) is 2.14. The summed E-state index contributed by atoms with van der Waals surface area (Å²) in [5, 5.41) is 1.10. The summed E-state index contributed by atoms with van der Waals surface area (Å²) in [4.78, 5) is 4.31. The van der Waals surface area contributed by atoms with Gasteiger partial charge in [0, 0.05) is 12.7 Å². The molecule has 1 rings (SSSR count). The van der Waals surface area contributed by atoms with Gasteiger partial charge in [0.15, 0.2) is 5.16 Å². The molecule has 2 nitrogen and oxygen atoms in total. The van der Waals surface area contributed by atoms with Crippen LogP contribution in [0, 0.1) is 0 Å². The third-order valence-electron chi connectivity index (χ3n) is 1.32. The molecule has 0 aliphatic heterocycles. The number of nitrogens with zero attached hydrogens (tertiary/aromatic N) is 2. The lowest BCUT2D eigenvalue weighted by molar-refractivity contribution is 0.681. The first-order valence-corrected chi connectivity index (χ1v) is 5.41. The Bertz CT molecular complexity index is 234. The molecule has 0 aliphatic rings. The quantitative estimate of drug-likeness (QED) is 0.749. The van der Waals surface area contributed by atoms with Crippen molar-refractivity contribution in [1.82, 2.24) is 9.55 Å². The molecule has 0 amide bonds. The third kappa shape index (κ3) is 2.24. The Labute approximate surface area is 79.5 Å². The lowest BCUT2D eigenvalue weighted by atomic mass is 10.7. The van der Waals surface area contributed by atoms with Crippen molar-refractivity contribution >= 4 is 27.7 Å². The Morgan fingerprint density at radius 2 is 2.36 bits per heavy atom. The molecule has 0 saturated heterocycles. The van der Waals surface area contributed by atoms with Crippen molar-refractivity contribution in [3.63, 3.8) is 0 Å². The number of aromatic nitrogens is 2. The molecule has 0 radical (unpaired) electrons. The minimum absolute atomic E-state index is 0.926. The van der Waals surface area contributed by atoms with E-state index in [2.05, 4.69) is 39.3 Å². The van der Waals surface area contributed by atoms with Gasteiger partial charge in [0.25, 0.3) is 0 Å². The van der Waals surface area contributed by atoms with Crippen molar-refractivity contribution in [2.45, 2.75) is 25.5 Å². The highest BCUT2D eigenvalue weighted by atomic mass is 79.9. The van der Waals surface area contributed by atoms with Gasteiger partial charge in [-0.1, -0.05) is 18.7 Å². The van der Waals surface area contributed by atoms with Crippen molar-refractivity contribution in [3.8, 4) is 0 Å². The van der Waals surface area contributed by atoms with Gasteiger partial charge in [-0.25, -0.2) is 4.98 Å². The van der Waals surface area contributed by atoms with E-state index in [9.17, 15) is 0 Å². The number of hydrogen-bond donors (Lipinski definition) is 0. The molecule has 0 bridgehead atoms. The first-order chi connectivity index (χ1) is 5.27. The van der Waals surface area contributed by atoms with E-state index in [1.807, 2.05) is 6.20 Å². The van der Waals surface area contributed by atoms with Crippen LogP contribution < -0.4 is 0 Å². The van der Waals surface area contributed by atoms with Crippen molar-refractivity contribution in [2.75, 3.05) is 5.75 Å². The fourth-order valence-electron chi connectivity index (χ4n) is 0.839. The highest BCUT2D eigenvalue weighted by molar-refractivity contribution is 9.10. The summed E-state index contributed by atoms with van der Waals surface area (Å²) in [5.74, 6) is 1.07. The maximum absolute atomic E-state index is 4.31. The van der Waals surface area contributed by atoms with Gasteiger partial charge >= 0.3 is 0 Å². The maximum Gasteiger partial charge on any atom is 0.169 e. The molecule has 1 aromatic heterocycles. The molecule has 0 fully saturated rings. The zero-order valence-electron chi connectivity index (χ0n) is 6.67. The summed E-state index contributed by atoms with van der Waals surface area (Å²) in [6, 6.07) is 0. The predicted molar refractivity (Wildman–Crippen MR) is 52.0 cm³/mol. The van der Waals surface area contributed by atoms with Gasteiger partial charge in [0.2, 0.25) is 0 Å². The molecule has 0 aliphatic carbocycles. The summed E-state index contributed by atoms with van der Waals surface area (Å²) in [5.41, 5.74) is 0. The van der Waals surface area contributed by atoms with Gasteiger partial charge < -0.3 is 4.57 Å². The van der Waals surface area contributed by atoms with Gasteiger partial charge in [0.1, 0.15) is 4.60 Å². The lowest BCUT2D eigenvalue weighted by Gasteiger charge is -2.00. The summed E-state index contributed by atoms with van der Waals surface area (Å²) in [6.45, 7) is 5.24. The molecule has 0 aromatic carbocycles. The highest BCUT2D eigenvalue weighted by Crippen LogP contribution is 2.19. The van der Waals surface area contributed by atoms with E-state index < -0.39 is 0 Å². The van der Waals surface area contributed by atoms with Crippen LogP contribution in [0.25, 0.3) is 0 Å². The van der Waals surface area contributed by atoms with Crippen LogP contribution in [0.1, 0.15) is 13.8 Å². The Balaban J connectivity index is 2.83. The topological polar surface area (TPSA) is 17.8 Å². The molecule has 0 atom stereocenters. The zero-order valence-corrected chi connectivity index (χ0v) is 9.07. The average molecular weight is 235 g/mol. The molecule has 0 saturated carbocycles. The Morgan fingerprint density at radius 3 is 2.91 bits per heavy atom. The normalized spacial score (nSPS) is 10.5. The number of rotatable bonds is 3. The van der Waals surface area contributed by atoms with Gasteiger partial charge in [-0.05, 0) is 28.6 Å². The molecule has 11 heavy (non-hydrogen) atoms. The van der Waals surface area contributed by atoms with Gasteiger partial charge in [0.05, 0.1) is 0 Å². The van der Waals surface area contributed by atoms with E-state index in [1.165, 1.54) is 0 Å². The highest BCUT2D eigenvalue weighted by Gasteiger charge is 2.02. The number of imidazole rings is 1. The standard InChI is InChI=1S/C7H11BrN2S/c1-3-10-5-6(8)9-7(10)11-4-2/h5H,3-4H2,1-2H3. The Morgan fingerprint density at radius 1 is 1.64 bits per heavy atom. The predicted octanol–water partition coefficient (Wildman–Crippen LogP) is 2.78. The molecular weight excluding hydrogens is 224 g/mol. The van der Waals surface area contributed by atoms with Crippen molar-refractivity contribution in [2.24, 2.45) is 0 Å². The van der Waals surface area contributed by atoms with Crippen molar-refractivity contribution in [1.29, 1.82) is 0 Å². The number of thioether (sulfide) groups is 1. The third-order valence-corrected chi connectivity index (χ3v) is 2.58. The second kappa shape index (κ2) is 4.16. The van der Waals surface area contributed by atoms with Crippen molar-refractivity contribution < 1.29 is 0 Å². The summed E-state index contributed by atoms with van der Waals surface area (Å²) in [6.07, 6.45) is 2.01. The molecule has 1 aromatic rings. The molecule has 0 spiro atoms. The molecule has 1 heterocycles. The largest absolute Gasteiger partial charge is 0.325 e. The average Bonchev–Trinajstić information content (AvgIpc) is 2.32. The smallest absolute Gasteiger partial charge is 0.169 e. The SMILES string of the molecule is CCSc1nc(Br)cn1CC. The van der Waals surface area contributed by atoms with E-state index in [-0.39, 0.29) is 0 Å². The number of hydrogen-bond acceptors (Lipinski definition) is 2. The fraction of sp³-hybridized carbons (Fsp3) is 0.571. The van der Waals surface area contributed by atoms with Gasteiger partial charge in [-0.2, -0.15) is 0 Å². The van der Waals surface area contributed by atoms with E-state index in [1.54, 1.807) is 11.8 Å². The van der Waals surface area contributed by atoms with Crippen LogP contribution >= 0.6 is 27.7 Å². The van der Waals surface area contributed by atoms with E-state index in [0.717, 1.165) is 22.1 Å². The Kier molecular flexibility index (Phi) is 3.45. The zero-order chi connectivity index (χ0) is 8.27. The van der Waals surface area contributed by atoms with Crippen LogP contribution in [0.5, 0.6) is 0 Å². The summed E-state index contributed by atoms with van der Waals surface area (Å²) in [7, 11) is 0. The number of aryl methyl sites for hydroxylation is 1. The van der Waals surface area contributed by atoms with Crippen LogP contribution in [-0.2, 0) is 6.54 Å². The van der Waals surface area contributed by atoms with Crippen LogP contribution in [0.2, 0.25) is 0 Å². The van der Waals surface area contributed by atoms with E-state index in [4.69, 9.17) is 0 Å². The minimum atomic E-state index is 0.926. The maximum atomic E-state index is 4.31. The van der Waals surface area contributed by atoms with Gasteiger partial charge in [-0.3, -0.25) is 0 Å². The molecule has 0 unspecified atom stereocenters. The monoisotopic (exact) mass is 234 g/mol. The van der Waals surface area contributed by atoms with E-state index in [0.29, 0.717) is 0 Å². The molecule has 0 N–H and O–H groups in total. The van der Waals surface area contributed by atoms with Crippen LogP contribution in [0.3, 0.4) is 0 Å².